The average molecular weight is 440 g/mol. The SMILES string of the molecule is C/C=C\C=C(/CC)N/C(=C/C)N=CCC(C)C1=CC=C(C(=O)NC(CCC)CCC)CC1. The number of hydrogen-bond acceptors (Lipinski definition) is 3. The highest BCUT2D eigenvalue weighted by molar-refractivity contribution is 5.94. The van der Waals surface area contributed by atoms with Crippen LogP contribution in [-0.2, 0) is 4.79 Å². The van der Waals surface area contributed by atoms with Gasteiger partial charge in [-0.15, -0.1) is 0 Å². The highest BCUT2D eigenvalue weighted by Crippen LogP contribution is 2.26. The number of carbonyl (C=O) groups is 1. The van der Waals surface area contributed by atoms with Crippen LogP contribution in [0.2, 0.25) is 0 Å². The van der Waals surface area contributed by atoms with E-state index in [1.807, 2.05) is 44.4 Å². The van der Waals surface area contributed by atoms with E-state index in [9.17, 15) is 4.79 Å². The van der Waals surface area contributed by atoms with Crippen LogP contribution in [0.5, 0.6) is 0 Å². The number of rotatable bonds is 14. The fraction of sp³-hybridized carbons (Fsp3) is 0.571. The summed E-state index contributed by atoms with van der Waals surface area (Å²) in [7, 11) is 0. The number of nitrogens with zero attached hydrogens (tertiary/aromatic N) is 1. The number of hydrogen-bond donors (Lipinski definition) is 2. The van der Waals surface area contributed by atoms with Crippen molar-refractivity contribution in [3.8, 4) is 0 Å². The van der Waals surface area contributed by atoms with Gasteiger partial charge >= 0.3 is 0 Å². The van der Waals surface area contributed by atoms with Gasteiger partial charge in [0.15, 0.2) is 0 Å². The molecule has 1 aliphatic rings. The first-order valence-electron chi connectivity index (χ1n) is 12.5. The first-order chi connectivity index (χ1) is 15.5. The molecule has 1 unspecified atom stereocenters. The molecular formula is C28H45N3O. The second-order valence-corrected chi connectivity index (χ2v) is 8.50. The summed E-state index contributed by atoms with van der Waals surface area (Å²) in [5, 5.41) is 6.64. The van der Waals surface area contributed by atoms with E-state index >= 15 is 0 Å². The van der Waals surface area contributed by atoms with Gasteiger partial charge in [-0.05, 0) is 70.4 Å². The van der Waals surface area contributed by atoms with Gasteiger partial charge < -0.3 is 10.6 Å². The van der Waals surface area contributed by atoms with Crippen LogP contribution in [-0.4, -0.2) is 18.2 Å². The second kappa shape index (κ2) is 16.3. The Kier molecular flexibility index (Phi) is 14.1. The van der Waals surface area contributed by atoms with Crippen molar-refractivity contribution < 1.29 is 4.79 Å². The highest BCUT2D eigenvalue weighted by Gasteiger charge is 2.18. The Morgan fingerprint density at radius 2 is 1.84 bits per heavy atom. The lowest BCUT2D eigenvalue weighted by molar-refractivity contribution is -0.118. The zero-order chi connectivity index (χ0) is 23.8. The van der Waals surface area contributed by atoms with Gasteiger partial charge in [-0.1, -0.05) is 70.4 Å². The normalized spacial score (nSPS) is 16.5. The van der Waals surface area contributed by atoms with E-state index < -0.39 is 0 Å². The summed E-state index contributed by atoms with van der Waals surface area (Å²) in [5.74, 6) is 1.40. The molecule has 1 amide bonds. The molecule has 0 spiro atoms. The molecule has 4 heteroatoms. The van der Waals surface area contributed by atoms with Crippen LogP contribution < -0.4 is 10.6 Å². The monoisotopic (exact) mass is 439 g/mol. The molecule has 0 aromatic rings. The van der Waals surface area contributed by atoms with E-state index in [2.05, 4.69) is 55.5 Å². The predicted octanol–water partition coefficient (Wildman–Crippen LogP) is 7.14. The quantitative estimate of drug-likeness (QED) is 0.223. The minimum absolute atomic E-state index is 0.114. The van der Waals surface area contributed by atoms with Crippen LogP contribution in [0.1, 0.15) is 92.9 Å². The van der Waals surface area contributed by atoms with Gasteiger partial charge in [0.2, 0.25) is 5.91 Å². The Morgan fingerprint density at radius 1 is 1.12 bits per heavy atom. The van der Waals surface area contributed by atoms with E-state index in [1.165, 1.54) is 5.57 Å². The number of amides is 1. The van der Waals surface area contributed by atoms with Crippen LogP contribution in [0, 0.1) is 5.92 Å². The number of carbonyl (C=O) groups excluding carboxylic acids is 1. The summed E-state index contributed by atoms with van der Waals surface area (Å²) >= 11 is 0. The van der Waals surface area contributed by atoms with Gasteiger partial charge in [0.05, 0.1) is 0 Å². The molecule has 32 heavy (non-hydrogen) atoms. The van der Waals surface area contributed by atoms with E-state index in [-0.39, 0.29) is 5.91 Å². The topological polar surface area (TPSA) is 53.5 Å². The molecule has 0 saturated carbocycles. The van der Waals surface area contributed by atoms with Gasteiger partial charge in [0, 0.05) is 23.5 Å². The van der Waals surface area contributed by atoms with Gasteiger partial charge in [0.25, 0.3) is 0 Å². The summed E-state index contributed by atoms with van der Waals surface area (Å²) in [4.78, 5) is 17.3. The van der Waals surface area contributed by atoms with E-state index in [4.69, 9.17) is 0 Å². The highest BCUT2D eigenvalue weighted by atomic mass is 16.1. The zero-order valence-electron chi connectivity index (χ0n) is 21.2. The first kappa shape index (κ1) is 27.7. The molecule has 4 nitrogen and oxygen atoms in total. The van der Waals surface area contributed by atoms with Crippen molar-refractivity contribution in [1.82, 2.24) is 10.6 Å². The third-order valence-electron chi connectivity index (χ3n) is 5.84. The van der Waals surface area contributed by atoms with Crippen LogP contribution in [0.15, 0.2) is 64.1 Å². The largest absolute Gasteiger partial charge is 0.350 e. The predicted molar refractivity (Wildman–Crippen MR) is 140 cm³/mol. The first-order valence-corrected chi connectivity index (χ1v) is 12.5. The third kappa shape index (κ3) is 10.3. The molecule has 0 heterocycles. The zero-order valence-corrected chi connectivity index (χ0v) is 21.2. The smallest absolute Gasteiger partial charge is 0.247 e. The molecule has 1 rings (SSSR count). The van der Waals surface area contributed by atoms with Crippen molar-refractivity contribution in [1.29, 1.82) is 0 Å². The Morgan fingerprint density at radius 3 is 2.38 bits per heavy atom. The molecule has 0 aromatic heterocycles. The van der Waals surface area contributed by atoms with E-state index in [0.29, 0.717) is 12.0 Å². The van der Waals surface area contributed by atoms with Crippen molar-refractivity contribution in [3.05, 3.63) is 59.1 Å². The number of allylic oxidation sites excluding steroid dienone is 8. The lowest BCUT2D eigenvalue weighted by atomic mass is 9.88. The molecule has 178 valence electrons. The minimum atomic E-state index is 0.114. The summed E-state index contributed by atoms with van der Waals surface area (Å²) in [6, 6.07) is 0.300. The van der Waals surface area contributed by atoms with Crippen LogP contribution in [0.3, 0.4) is 0 Å². The number of aliphatic imine (C=N–C) groups is 1. The summed E-state index contributed by atoms with van der Waals surface area (Å²) < 4.78 is 0. The molecule has 1 atom stereocenters. The number of nitrogens with one attached hydrogen (secondary N) is 2. The van der Waals surface area contributed by atoms with Crippen molar-refractivity contribution >= 4 is 12.1 Å². The molecule has 0 fully saturated rings. The Labute approximate surface area is 196 Å². The summed E-state index contributed by atoms with van der Waals surface area (Å²) in [6.07, 6.45) is 22.2. The summed E-state index contributed by atoms with van der Waals surface area (Å²) in [5.41, 5.74) is 3.45. The fourth-order valence-corrected chi connectivity index (χ4v) is 3.78. The van der Waals surface area contributed by atoms with E-state index in [1.54, 1.807) is 0 Å². The Balaban J connectivity index is 2.65. The van der Waals surface area contributed by atoms with Gasteiger partial charge in [-0.3, -0.25) is 4.79 Å². The van der Waals surface area contributed by atoms with E-state index in [0.717, 1.165) is 68.5 Å². The van der Waals surface area contributed by atoms with Crippen LogP contribution >= 0.6 is 0 Å². The Bertz CT molecular complexity index is 747. The molecular weight excluding hydrogens is 394 g/mol. The standard InChI is InChI=1S/C28H45N3O/c1-7-12-15-25(10-4)30-27(11-5)29-21-20-22(6)23-16-18-24(19-17-23)28(32)31-26(13-8-2)14-9-3/h7,11-12,15-16,18,21-22,26,30H,8-10,13-14,17,19-20H2,1-6H3,(H,31,32)/b12-7-,25-15+,27-11+,29-21?. The molecule has 0 saturated heterocycles. The lowest BCUT2D eigenvalue weighted by Crippen LogP contribution is -2.35. The minimum Gasteiger partial charge on any atom is -0.350 e. The van der Waals surface area contributed by atoms with Crippen molar-refractivity contribution in [2.24, 2.45) is 10.9 Å². The van der Waals surface area contributed by atoms with Crippen LogP contribution in [0.25, 0.3) is 0 Å². The molecule has 0 radical (unpaired) electrons. The van der Waals surface area contributed by atoms with Crippen molar-refractivity contribution in [3.63, 3.8) is 0 Å². The molecule has 0 aromatic carbocycles. The van der Waals surface area contributed by atoms with Crippen molar-refractivity contribution in [2.75, 3.05) is 0 Å². The maximum atomic E-state index is 12.6. The molecule has 0 aliphatic heterocycles. The van der Waals surface area contributed by atoms with Crippen molar-refractivity contribution in [2.45, 2.75) is 99.0 Å². The third-order valence-corrected chi connectivity index (χ3v) is 5.84. The van der Waals surface area contributed by atoms with Gasteiger partial charge in [0.1, 0.15) is 5.82 Å². The molecule has 2 N–H and O–H groups in total. The van der Waals surface area contributed by atoms with Crippen LogP contribution in [0.4, 0.5) is 0 Å². The molecule has 1 aliphatic carbocycles. The Hall–Kier alpha value is -2.36. The summed E-state index contributed by atoms with van der Waals surface area (Å²) in [6.45, 7) is 12.7. The van der Waals surface area contributed by atoms with Gasteiger partial charge in [-0.2, -0.15) is 0 Å². The molecule has 0 bridgehead atoms. The second-order valence-electron chi connectivity index (χ2n) is 8.50. The fourth-order valence-electron chi connectivity index (χ4n) is 3.78. The lowest BCUT2D eigenvalue weighted by Gasteiger charge is -2.22. The maximum absolute atomic E-state index is 12.6. The average Bonchev–Trinajstić information content (AvgIpc) is 2.80. The maximum Gasteiger partial charge on any atom is 0.247 e. The van der Waals surface area contributed by atoms with Gasteiger partial charge in [-0.25, -0.2) is 4.99 Å².